The summed E-state index contributed by atoms with van der Waals surface area (Å²) in [5, 5.41) is 9.26. The molecule has 0 aromatic rings. The Kier molecular flexibility index (Phi) is 13.9. The van der Waals surface area contributed by atoms with Gasteiger partial charge in [-0.15, -0.1) is 0 Å². The van der Waals surface area contributed by atoms with E-state index in [1.165, 1.54) is 6.92 Å². The Bertz CT molecular complexity index is 150. The van der Waals surface area contributed by atoms with Gasteiger partial charge in [0.05, 0.1) is 0 Å². The quantitative estimate of drug-likeness (QED) is 0.639. The van der Waals surface area contributed by atoms with Crippen molar-refractivity contribution >= 4 is 21.9 Å². The molecule has 0 aliphatic heterocycles. The van der Waals surface area contributed by atoms with Crippen LogP contribution >= 0.6 is 0 Å². The molecule has 0 saturated carbocycles. The van der Waals surface area contributed by atoms with Gasteiger partial charge in [0.1, 0.15) is 0 Å². The minimum atomic E-state index is -0.995. The SMILES string of the molecule is CCC(=O)[O-].CCC(C)[O][Al+][O]C(C)C. The van der Waals surface area contributed by atoms with Gasteiger partial charge in [-0.2, -0.15) is 0 Å². The first-order chi connectivity index (χ1) is 6.93. The standard InChI is InChI=1S/C4H9O.C3H6O2.C3H7O.Al/c1-3-4(2)5;1-2-3(4)5;1-3(2)4;/h4H,3H2,1-2H3;2H2,1H3,(H,4,5);3H,1-2H3;/q-1;;-1;+3/p-1. The Labute approximate surface area is 99.3 Å². The second-order valence-corrected chi connectivity index (χ2v) is 4.10. The minimum absolute atomic E-state index is 0.111. The number of aliphatic carboxylic acids is 1. The van der Waals surface area contributed by atoms with Crippen LogP contribution in [0.5, 0.6) is 0 Å². The van der Waals surface area contributed by atoms with Gasteiger partial charge in [-0.3, -0.25) is 0 Å². The predicted molar refractivity (Wildman–Crippen MR) is 58.1 cm³/mol. The third-order valence-corrected chi connectivity index (χ3v) is 2.71. The fourth-order valence-corrected chi connectivity index (χ4v) is 1.00. The molecule has 4 nitrogen and oxygen atoms in total. The molecule has 1 unspecified atom stereocenters. The van der Waals surface area contributed by atoms with E-state index in [0.29, 0.717) is 12.2 Å². The Hall–Kier alpha value is -0.0775. The number of carbonyl (C=O) groups excluding carboxylic acids is 1. The van der Waals surface area contributed by atoms with Crippen molar-refractivity contribution in [3.8, 4) is 0 Å². The van der Waals surface area contributed by atoms with Crippen molar-refractivity contribution in [3.63, 3.8) is 0 Å². The summed E-state index contributed by atoms with van der Waals surface area (Å²) in [6.07, 6.45) is 1.84. The average molecular weight is 232 g/mol. The van der Waals surface area contributed by atoms with Crippen LogP contribution in [0.1, 0.15) is 47.5 Å². The van der Waals surface area contributed by atoms with E-state index in [1.54, 1.807) is 0 Å². The number of carboxylic acids is 1. The number of hydrogen-bond donors (Lipinski definition) is 0. The molecule has 88 valence electrons. The molecule has 0 aromatic heterocycles. The summed E-state index contributed by atoms with van der Waals surface area (Å²) in [7, 11) is 0. The second-order valence-electron chi connectivity index (χ2n) is 3.36. The first kappa shape index (κ1) is 17.3. The molecule has 5 heteroatoms. The van der Waals surface area contributed by atoms with E-state index in [9.17, 15) is 9.90 Å². The summed E-state index contributed by atoms with van der Waals surface area (Å²) in [5.74, 6) is -0.995. The zero-order valence-electron chi connectivity index (χ0n) is 10.3. The monoisotopic (exact) mass is 232 g/mol. The first-order valence-electron chi connectivity index (χ1n) is 5.26. The molecule has 0 spiro atoms. The number of carbonyl (C=O) groups is 1. The van der Waals surface area contributed by atoms with Crippen LogP contribution in [0.2, 0.25) is 0 Å². The van der Waals surface area contributed by atoms with Crippen molar-refractivity contribution < 1.29 is 17.5 Å². The summed E-state index contributed by atoms with van der Waals surface area (Å²) >= 11 is -0.247. The fourth-order valence-electron chi connectivity index (χ4n) is 0.334. The number of rotatable bonds is 6. The Balaban J connectivity index is 0. The summed E-state index contributed by atoms with van der Waals surface area (Å²) in [5.41, 5.74) is 0. The predicted octanol–water partition coefficient (Wildman–Crippen LogP) is 0.907. The third kappa shape index (κ3) is 20.1. The maximum absolute atomic E-state index is 9.26. The van der Waals surface area contributed by atoms with Crippen LogP contribution in [0, 0.1) is 0 Å². The zero-order chi connectivity index (χ0) is 12.3. The summed E-state index contributed by atoms with van der Waals surface area (Å²) in [4.78, 5) is 9.26. The molecule has 0 radical (unpaired) electrons. The number of carboxylic acid groups (broad SMARTS) is 1. The van der Waals surface area contributed by atoms with Crippen LogP contribution in [-0.2, 0) is 12.4 Å². The summed E-state index contributed by atoms with van der Waals surface area (Å²) < 4.78 is 10.6. The average Bonchev–Trinajstić information content (AvgIpc) is 2.17. The summed E-state index contributed by atoms with van der Waals surface area (Å²) in [6.45, 7) is 9.76. The van der Waals surface area contributed by atoms with Crippen LogP contribution < -0.4 is 5.11 Å². The van der Waals surface area contributed by atoms with Crippen molar-refractivity contribution in [2.24, 2.45) is 0 Å². The molecule has 0 saturated heterocycles. The van der Waals surface area contributed by atoms with E-state index < -0.39 is 5.97 Å². The molecule has 0 aliphatic carbocycles. The fraction of sp³-hybridized carbons (Fsp3) is 0.900. The van der Waals surface area contributed by atoms with Crippen molar-refractivity contribution in [1.82, 2.24) is 0 Å². The van der Waals surface area contributed by atoms with E-state index in [2.05, 4.69) is 13.8 Å². The van der Waals surface area contributed by atoms with Crippen LogP contribution in [0.4, 0.5) is 0 Å². The maximum atomic E-state index is 9.26. The zero-order valence-corrected chi connectivity index (χ0v) is 11.4. The molecule has 0 bridgehead atoms. The van der Waals surface area contributed by atoms with Gasteiger partial charge in [-0.1, -0.05) is 6.92 Å². The molecule has 0 aromatic carbocycles. The molecule has 0 aliphatic rings. The normalized spacial score (nSPS) is 11.3. The van der Waals surface area contributed by atoms with Gasteiger partial charge in [0, 0.05) is 5.97 Å². The van der Waals surface area contributed by atoms with Gasteiger partial charge in [0.25, 0.3) is 0 Å². The van der Waals surface area contributed by atoms with Crippen molar-refractivity contribution in [2.75, 3.05) is 0 Å². The van der Waals surface area contributed by atoms with E-state index >= 15 is 0 Å². The van der Waals surface area contributed by atoms with E-state index in [4.69, 9.17) is 7.58 Å². The van der Waals surface area contributed by atoms with Crippen molar-refractivity contribution in [1.29, 1.82) is 0 Å². The van der Waals surface area contributed by atoms with Gasteiger partial charge in [-0.25, -0.2) is 0 Å². The Morgan fingerprint density at radius 2 is 1.73 bits per heavy atom. The Morgan fingerprint density at radius 3 is 2.00 bits per heavy atom. The van der Waals surface area contributed by atoms with Gasteiger partial charge in [-0.05, 0) is 6.42 Å². The van der Waals surface area contributed by atoms with Crippen molar-refractivity contribution in [3.05, 3.63) is 0 Å². The van der Waals surface area contributed by atoms with E-state index in [0.717, 1.165) is 6.42 Å². The van der Waals surface area contributed by atoms with Crippen LogP contribution in [0.25, 0.3) is 0 Å². The van der Waals surface area contributed by atoms with Gasteiger partial charge >= 0.3 is 69.8 Å². The second kappa shape index (κ2) is 12.0. The van der Waals surface area contributed by atoms with Gasteiger partial charge in [0.2, 0.25) is 0 Å². The molecule has 0 N–H and O–H groups in total. The molecular weight excluding hydrogens is 211 g/mol. The Morgan fingerprint density at radius 1 is 1.27 bits per heavy atom. The molecule has 0 rings (SSSR count). The molecule has 0 heterocycles. The topological polar surface area (TPSA) is 58.6 Å². The molecule has 15 heavy (non-hydrogen) atoms. The van der Waals surface area contributed by atoms with Gasteiger partial charge in [0.15, 0.2) is 0 Å². The molecule has 0 fully saturated rings. The van der Waals surface area contributed by atoms with Gasteiger partial charge < -0.3 is 9.90 Å². The first-order valence-corrected chi connectivity index (χ1v) is 6.20. The third-order valence-electron chi connectivity index (χ3n) is 1.48. The van der Waals surface area contributed by atoms with E-state index in [1.807, 2.05) is 13.8 Å². The van der Waals surface area contributed by atoms with Crippen LogP contribution in [-0.4, -0.2) is 34.1 Å². The van der Waals surface area contributed by atoms with Crippen LogP contribution in [0.15, 0.2) is 0 Å². The van der Waals surface area contributed by atoms with Crippen molar-refractivity contribution in [2.45, 2.75) is 59.7 Å². The molecule has 0 amide bonds. The molecule has 1 atom stereocenters. The van der Waals surface area contributed by atoms with E-state index in [-0.39, 0.29) is 22.3 Å². The number of hydrogen-bond acceptors (Lipinski definition) is 4. The summed E-state index contributed by atoms with van der Waals surface area (Å²) in [6, 6.07) is 0. The molecular formula is C10H21AlO4. The van der Waals surface area contributed by atoms with Crippen LogP contribution in [0.3, 0.4) is 0 Å².